The summed E-state index contributed by atoms with van der Waals surface area (Å²) in [5.41, 5.74) is 1.35. The molecule has 0 spiro atoms. The predicted molar refractivity (Wildman–Crippen MR) is 45.7 cm³/mol. The Labute approximate surface area is 74.5 Å². The van der Waals surface area contributed by atoms with E-state index in [0.717, 1.165) is 11.8 Å². The van der Waals surface area contributed by atoms with Gasteiger partial charge in [-0.25, -0.2) is 0 Å². The van der Waals surface area contributed by atoms with Crippen LogP contribution < -0.4 is 4.74 Å². The summed E-state index contributed by atoms with van der Waals surface area (Å²) in [6, 6.07) is 5.14. The number of hydrogen-bond acceptors (Lipinski definition) is 4. The van der Waals surface area contributed by atoms with Crippen LogP contribution in [0.1, 0.15) is 15.9 Å². The lowest BCUT2D eigenvalue weighted by molar-refractivity contribution is 0.112. The van der Waals surface area contributed by atoms with Gasteiger partial charge < -0.3 is 4.74 Å². The molecule has 0 amide bonds. The van der Waals surface area contributed by atoms with Crippen molar-refractivity contribution in [2.24, 2.45) is 5.18 Å². The lowest BCUT2D eigenvalue weighted by Crippen LogP contribution is -2.07. The van der Waals surface area contributed by atoms with Gasteiger partial charge in [0.2, 0.25) is 6.23 Å². The maximum absolute atomic E-state index is 10.6. The Morgan fingerprint density at radius 1 is 1.54 bits per heavy atom. The van der Waals surface area contributed by atoms with Crippen molar-refractivity contribution in [1.29, 1.82) is 0 Å². The monoisotopic (exact) mass is 177 g/mol. The minimum atomic E-state index is -0.670. The molecule has 1 aromatic carbocycles. The van der Waals surface area contributed by atoms with E-state index in [-0.39, 0.29) is 0 Å². The first-order valence-electron chi connectivity index (χ1n) is 3.91. The molecule has 4 heteroatoms. The van der Waals surface area contributed by atoms with Gasteiger partial charge in [0.15, 0.2) is 0 Å². The molecule has 66 valence electrons. The Hall–Kier alpha value is -1.71. The van der Waals surface area contributed by atoms with Crippen LogP contribution in [-0.4, -0.2) is 12.5 Å². The zero-order valence-electron chi connectivity index (χ0n) is 6.77. The fourth-order valence-corrected chi connectivity index (χ4v) is 1.44. The summed E-state index contributed by atoms with van der Waals surface area (Å²) < 4.78 is 5.16. The van der Waals surface area contributed by atoms with Gasteiger partial charge in [-0.15, -0.1) is 4.91 Å². The summed E-state index contributed by atoms with van der Waals surface area (Å²) in [6.45, 7) is 0. The van der Waals surface area contributed by atoms with E-state index in [9.17, 15) is 9.70 Å². The number of carbonyl (C=O) groups is 1. The number of fused-ring (bicyclic) bond motifs is 1. The van der Waals surface area contributed by atoms with Crippen molar-refractivity contribution in [2.75, 3.05) is 0 Å². The molecule has 1 unspecified atom stereocenters. The average Bonchev–Trinajstić information content (AvgIpc) is 2.59. The second kappa shape index (κ2) is 2.97. The Kier molecular flexibility index (Phi) is 1.81. The summed E-state index contributed by atoms with van der Waals surface area (Å²) in [7, 11) is 0. The van der Waals surface area contributed by atoms with Crippen LogP contribution in [0.2, 0.25) is 0 Å². The molecule has 0 fully saturated rings. The fraction of sp³-hybridized carbons (Fsp3) is 0.222. The number of hydrogen-bond donors (Lipinski definition) is 0. The molecular weight excluding hydrogens is 170 g/mol. The summed E-state index contributed by atoms with van der Waals surface area (Å²) in [6.07, 6.45) is 0.486. The molecular formula is C9H7NO3. The van der Waals surface area contributed by atoms with Crippen molar-refractivity contribution >= 4 is 6.29 Å². The Bertz CT molecular complexity index is 362. The first-order chi connectivity index (χ1) is 6.35. The maximum Gasteiger partial charge on any atom is 0.233 e. The standard InChI is InChI=1S/C9H7NO3/c11-5-6-2-1-3-8-7(6)4-9(10-12)13-8/h1-3,5,9H,4H2. The van der Waals surface area contributed by atoms with E-state index in [4.69, 9.17) is 4.74 Å². The Morgan fingerprint density at radius 2 is 2.38 bits per heavy atom. The second-order valence-electron chi connectivity index (χ2n) is 2.82. The molecule has 0 bridgehead atoms. The normalized spacial score (nSPS) is 18.9. The molecule has 1 heterocycles. The van der Waals surface area contributed by atoms with Gasteiger partial charge in [0, 0.05) is 17.5 Å². The van der Waals surface area contributed by atoms with Gasteiger partial charge in [0.1, 0.15) is 12.0 Å². The molecule has 0 saturated heterocycles. The molecule has 0 N–H and O–H groups in total. The highest BCUT2D eigenvalue weighted by molar-refractivity contribution is 5.79. The van der Waals surface area contributed by atoms with Crippen LogP contribution >= 0.6 is 0 Å². The first kappa shape index (κ1) is 7.91. The van der Waals surface area contributed by atoms with Crippen LogP contribution in [0, 0.1) is 4.91 Å². The van der Waals surface area contributed by atoms with Crippen molar-refractivity contribution in [3.05, 3.63) is 34.2 Å². The van der Waals surface area contributed by atoms with E-state index in [2.05, 4.69) is 5.18 Å². The van der Waals surface area contributed by atoms with Gasteiger partial charge >= 0.3 is 0 Å². The number of benzene rings is 1. The summed E-state index contributed by atoms with van der Waals surface area (Å²) in [5, 5.41) is 2.79. The summed E-state index contributed by atoms with van der Waals surface area (Å²) in [5.74, 6) is 0.592. The zero-order valence-corrected chi connectivity index (χ0v) is 6.77. The minimum absolute atomic E-state index is 0.397. The lowest BCUT2D eigenvalue weighted by Gasteiger charge is -1.99. The topological polar surface area (TPSA) is 55.7 Å². The van der Waals surface area contributed by atoms with E-state index in [1.807, 2.05) is 0 Å². The Morgan fingerprint density at radius 3 is 3.08 bits per heavy atom. The molecule has 4 nitrogen and oxygen atoms in total. The summed E-state index contributed by atoms with van der Waals surface area (Å²) in [4.78, 5) is 20.8. The van der Waals surface area contributed by atoms with Gasteiger partial charge in [0.05, 0.1) is 0 Å². The molecule has 1 aliphatic heterocycles. The quantitative estimate of drug-likeness (QED) is 0.508. The third-order valence-electron chi connectivity index (χ3n) is 2.06. The van der Waals surface area contributed by atoms with Crippen molar-refractivity contribution < 1.29 is 9.53 Å². The van der Waals surface area contributed by atoms with Gasteiger partial charge in [-0.05, 0) is 11.2 Å². The van der Waals surface area contributed by atoms with Crippen LogP contribution in [0.25, 0.3) is 0 Å². The molecule has 0 radical (unpaired) electrons. The largest absolute Gasteiger partial charge is 0.465 e. The van der Waals surface area contributed by atoms with Crippen LogP contribution in [0.4, 0.5) is 0 Å². The van der Waals surface area contributed by atoms with E-state index >= 15 is 0 Å². The molecule has 2 rings (SSSR count). The highest BCUT2D eigenvalue weighted by atomic mass is 16.5. The number of rotatable bonds is 2. The molecule has 0 saturated carbocycles. The van der Waals surface area contributed by atoms with Gasteiger partial charge in [-0.2, -0.15) is 0 Å². The smallest absolute Gasteiger partial charge is 0.233 e. The third-order valence-corrected chi connectivity index (χ3v) is 2.06. The van der Waals surface area contributed by atoms with Crippen molar-refractivity contribution in [2.45, 2.75) is 12.6 Å². The number of nitrogens with zero attached hydrogens (tertiary/aromatic N) is 1. The first-order valence-corrected chi connectivity index (χ1v) is 3.91. The fourth-order valence-electron chi connectivity index (χ4n) is 1.44. The van der Waals surface area contributed by atoms with E-state index in [1.54, 1.807) is 18.2 Å². The molecule has 1 aliphatic rings. The zero-order chi connectivity index (χ0) is 9.26. The Balaban J connectivity index is 2.44. The van der Waals surface area contributed by atoms with Crippen LogP contribution in [0.3, 0.4) is 0 Å². The number of nitroso groups, excluding NO2 is 1. The molecule has 1 aromatic rings. The van der Waals surface area contributed by atoms with Gasteiger partial charge in [-0.3, -0.25) is 4.79 Å². The number of carbonyl (C=O) groups excluding carboxylic acids is 1. The minimum Gasteiger partial charge on any atom is -0.465 e. The van der Waals surface area contributed by atoms with Crippen molar-refractivity contribution in [3.63, 3.8) is 0 Å². The van der Waals surface area contributed by atoms with Gasteiger partial charge in [-0.1, -0.05) is 12.1 Å². The van der Waals surface area contributed by atoms with Crippen LogP contribution in [-0.2, 0) is 6.42 Å². The predicted octanol–water partition coefficient (Wildman–Crippen LogP) is 1.53. The van der Waals surface area contributed by atoms with E-state index in [1.165, 1.54) is 0 Å². The van der Waals surface area contributed by atoms with Crippen LogP contribution in [0.5, 0.6) is 5.75 Å². The highest BCUT2D eigenvalue weighted by Crippen LogP contribution is 2.30. The second-order valence-corrected chi connectivity index (χ2v) is 2.82. The number of aldehydes is 1. The third kappa shape index (κ3) is 1.20. The molecule has 1 atom stereocenters. The highest BCUT2D eigenvalue weighted by Gasteiger charge is 2.25. The summed E-state index contributed by atoms with van der Waals surface area (Å²) >= 11 is 0. The average molecular weight is 177 g/mol. The van der Waals surface area contributed by atoms with E-state index in [0.29, 0.717) is 17.7 Å². The van der Waals surface area contributed by atoms with Crippen LogP contribution in [0.15, 0.2) is 23.4 Å². The van der Waals surface area contributed by atoms with E-state index < -0.39 is 6.23 Å². The van der Waals surface area contributed by atoms with Crippen molar-refractivity contribution in [1.82, 2.24) is 0 Å². The van der Waals surface area contributed by atoms with Gasteiger partial charge in [0.25, 0.3) is 0 Å². The number of ether oxygens (including phenoxy) is 1. The van der Waals surface area contributed by atoms with Crippen molar-refractivity contribution in [3.8, 4) is 5.75 Å². The maximum atomic E-state index is 10.6. The SMILES string of the molecule is O=Cc1cccc2c1CC(N=O)O2. The lowest BCUT2D eigenvalue weighted by atomic mass is 10.1. The molecule has 13 heavy (non-hydrogen) atoms. The molecule has 0 aromatic heterocycles. The molecule has 0 aliphatic carbocycles.